The van der Waals surface area contributed by atoms with Crippen molar-refractivity contribution >= 4 is 15.7 Å². The predicted octanol–water partition coefficient (Wildman–Crippen LogP) is 3.22. The first-order valence-corrected chi connectivity index (χ1v) is 10.3. The summed E-state index contributed by atoms with van der Waals surface area (Å²) in [5.41, 5.74) is 2.38. The largest absolute Gasteiger partial charge is 0.497 e. The molecular formula is C21H17N3O4S. The maximum Gasteiger partial charge on any atom is 0.264 e. The van der Waals surface area contributed by atoms with Crippen LogP contribution in [0.5, 0.6) is 11.5 Å². The number of sulfonamides is 1. The lowest BCUT2D eigenvalue weighted by Gasteiger charge is -2.31. The molecule has 1 aliphatic rings. The van der Waals surface area contributed by atoms with E-state index < -0.39 is 10.0 Å². The first kappa shape index (κ1) is 18.8. The normalized spacial score (nSPS) is 13.2. The molecule has 1 aromatic heterocycles. The van der Waals surface area contributed by atoms with Crippen LogP contribution in [0.2, 0.25) is 0 Å². The van der Waals surface area contributed by atoms with E-state index in [1.807, 2.05) is 0 Å². The summed E-state index contributed by atoms with van der Waals surface area (Å²) in [7, 11) is -2.27. The van der Waals surface area contributed by atoms with E-state index in [4.69, 9.17) is 14.7 Å². The highest BCUT2D eigenvalue weighted by Crippen LogP contribution is 2.41. The van der Waals surface area contributed by atoms with Crippen LogP contribution in [0.4, 0.5) is 5.69 Å². The van der Waals surface area contributed by atoms with Gasteiger partial charge in [-0.3, -0.25) is 9.29 Å². The molecule has 0 bridgehead atoms. The molecule has 7 nitrogen and oxygen atoms in total. The van der Waals surface area contributed by atoms with Crippen molar-refractivity contribution < 1.29 is 17.9 Å². The van der Waals surface area contributed by atoms with Crippen LogP contribution >= 0.6 is 0 Å². The molecule has 0 radical (unpaired) electrons. The highest BCUT2D eigenvalue weighted by molar-refractivity contribution is 7.92. The van der Waals surface area contributed by atoms with E-state index in [9.17, 15) is 8.42 Å². The van der Waals surface area contributed by atoms with E-state index in [2.05, 4.69) is 11.1 Å². The summed E-state index contributed by atoms with van der Waals surface area (Å²) in [4.78, 5) is 4.39. The average molecular weight is 407 g/mol. The van der Waals surface area contributed by atoms with Crippen LogP contribution in [-0.2, 0) is 10.0 Å². The Morgan fingerprint density at radius 2 is 1.83 bits per heavy atom. The number of methoxy groups -OCH3 is 1. The number of hydrogen-bond acceptors (Lipinski definition) is 6. The second-order valence-electron chi connectivity index (χ2n) is 6.33. The summed E-state index contributed by atoms with van der Waals surface area (Å²) >= 11 is 0. The van der Waals surface area contributed by atoms with Gasteiger partial charge in [-0.05, 0) is 42.0 Å². The monoisotopic (exact) mass is 407 g/mol. The van der Waals surface area contributed by atoms with Gasteiger partial charge >= 0.3 is 0 Å². The fraction of sp³-hybridized carbons (Fsp3) is 0.143. The molecule has 3 aromatic rings. The second kappa shape index (κ2) is 7.45. The van der Waals surface area contributed by atoms with E-state index in [1.165, 1.54) is 29.7 Å². The zero-order valence-corrected chi connectivity index (χ0v) is 16.4. The molecular weight excluding hydrogens is 390 g/mol. The minimum absolute atomic E-state index is 0.162. The number of fused-ring (bicyclic) bond motifs is 1. The molecule has 0 amide bonds. The molecule has 2 heterocycles. The fourth-order valence-electron chi connectivity index (χ4n) is 3.17. The van der Waals surface area contributed by atoms with Crippen molar-refractivity contribution in [3.05, 3.63) is 66.5 Å². The Labute approximate surface area is 168 Å². The number of hydrogen-bond donors (Lipinski definition) is 0. The summed E-state index contributed by atoms with van der Waals surface area (Å²) < 4.78 is 38.7. The molecule has 2 aromatic carbocycles. The standard InChI is InChI=1S/C21H17N3O4S/c1-27-17-6-8-18(9-7-17)29(25,26)24-10-11-28-21-19(13-23-14-20(21)24)16-4-2-15(12-22)3-5-16/h2-9,13-14H,10-11H2,1H3. The molecule has 0 saturated heterocycles. The van der Waals surface area contributed by atoms with Gasteiger partial charge in [-0.15, -0.1) is 0 Å². The fourth-order valence-corrected chi connectivity index (χ4v) is 4.61. The molecule has 1 aliphatic heterocycles. The lowest BCUT2D eigenvalue weighted by atomic mass is 10.0. The molecule has 0 fully saturated rings. The summed E-state index contributed by atoms with van der Waals surface area (Å²) in [5, 5.41) is 8.99. The van der Waals surface area contributed by atoms with Crippen LogP contribution in [0.15, 0.2) is 65.8 Å². The smallest absolute Gasteiger partial charge is 0.264 e. The van der Waals surface area contributed by atoms with Crippen LogP contribution < -0.4 is 13.8 Å². The van der Waals surface area contributed by atoms with E-state index in [0.717, 1.165) is 5.56 Å². The number of ether oxygens (including phenoxy) is 2. The highest BCUT2D eigenvalue weighted by atomic mass is 32.2. The molecule has 0 aliphatic carbocycles. The Hall–Kier alpha value is -3.57. The Kier molecular flexibility index (Phi) is 4.82. The van der Waals surface area contributed by atoms with Crippen molar-refractivity contribution in [2.45, 2.75) is 4.90 Å². The Balaban J connectivity index is 1.77. The third-order valence-electron chi connectivity index (χ3n) is 4.66. The van der Waals surface area contributed by atoms with Gasteiger partial charge in [0, 0.05) is 11.8 Å². The third-order valence-corrected chi connectivity index (χ3v) is 6.49. The lowest BCUT2D eigenvalue weighted by molar-refractivity contribution is 0.316. The van der Waals surface area contributed by atoms with Crippen molar-refractivity contribution in [1.82, 2.24) is 4.98 Å². The number of aromatic nitrogens is 1. The predicted molar refractivity (Wildman–Crippen MR) is 107 cm³/mol. The summed E-state index contributed by atoms with van der Waals surface area (Å²) in [6.07, 6.45) is 3.12. The van der Waals surface area contributed by atoms with Crippen molar-refractivity contribution in [1.29, 1.82) is 5.26 Å². The van der Waals surface area contributed by atoms with Crippen LogP contribution in [0.25, 0.3) is 11.1 Å². The Morgan fingerprint density at radius 3 is 2.48 bits per heavy atom. The van der Waals surface area contributed by atoms with Gasteiger partial charge in [0.05, 0.1) is 36.4 Å². The zero-order valence-electron chi connectivity index (χ0n) is 15.6. The van der Waals surface area contributed by atoms with Crippen molar-refractivity contribution in [3.63, 3.8) is 0 Å². The van der Waals surface area contributed by atoms with Crippen LogP contribution in [-0.4, -0.2) is 33.7 Å². The van der Waals surface area contributed by atoms with Gasteiger partial charge in [-0.25, -0.2) is 8.42 Å². The summed E-state index contributed by atoms with van der Waals surface area (Å²) in [5.74, 6) is 1.03. The molecule has 0 saturated carbocycles. The minimum Gasteiger partial charge on any atom is -0.497 e. The second-order valence-corrected chi connectivity index (χ2v) is 8.19. The molecule has 0 N–H and O–H groups in total. The number of anilines is 1. The van der Waals surface area contributed by atoms with Gasteiger partial charge in [-0.1, -0.05) is 12.1 Å². The Bertz CT molecular complexity index is 1180. The highest BCUT2D eigenvalue weighted by Gasteiger charge is 2.32. The van der Waals surface area contributed by atoms with Crippen LogP contribution in [0, 0.1) is 11.3 Å². The van der Waals surface area contributed by atoms with Crippen LogP contribution in [0.3, 0.4) is 0 Å². The number of nitrogens with zero attached hydrogens (tertiary/aromatic N) is 3. The third kappa shape index (κ3) is 3.37. The molecule has 29 heavy (non-hydrogen) atoms. The first-order chi connectivity index (χ1) is 14.0. The van der Waals surface area contributed by atoms with Gasteiger partial charge in [0.15, 0.2) is 5.75 Å². The van der Waals surface area contributed by atoms with Crippen molar-refractivity contribution in [2.24, 2.45) is 0 Å². The molecule has 8 heteroatoms. The first-order valence-electron chi connectivity index (χ1n) is 8.83. The maximum absolute atomic E-state index is 13.2. The van der Waals surface area contributed by atoms with Gasteiger partial charge < -0.3 is 9.47 Å². The van der Waals surface area contributed by atoms with E-state index >= 15 is 0 Å². The molecule has 4 rings (SSSR count). The molecule has 146 valence electrons. The SMILES string of the molecule is COc1ccc(S(=O)(=O)N2CCOc3c(-c4ccc(C#N)cc4)cncc32)cc1. The van der Waals surface area contributed by atoms with Gasteiger partial charge in [0.1, 0.15) is 18.0 Å². The maximum atomic E-state index is 13.2. The number of rotatable bonds is 4. The topological polar surface area (TPSA) is 92.5 Å². The van der Waals surface area contributed by atoms with E-state index in [-0.39, 0.29) is 18.0 Å². The average Bonchev–Trinajstić information content (AvgIpc) is 2.78. The molecule has 0 spiro atoms. The van der Waals surface area contributed by atoms with Crippen molar-refractivity contribution in [2.75, 3.05) is 24.6 Å². The summed E-state index contributed by atoms with van der Waals surface area (Å²) in [6, 6.07) is 15.3. The number of benzene rings is 2. The van der Waals surface area contributed by atoms with Crippen LogP contribution in [0.1, 0.15) is 5.56 Å². The quantitative estimate of drug-likeness (QED) is 0.659. The van der Waals surface area contributed by atoms with Gasteiger partial charge in [-0.2, -0.15) is 5.26 Å². The Morgan fingerprint density at radius 1 is 1.10 bits per heavy atom. The lowest BCUT2D eigenvalue weighted by Crippen LogP contribution is -2.38. The minimum atomic E-state index is -3.80. The van der Waals surface area contributed by atoms with Gasteiger partial charge in [0.2, 0.25) is 0 Å². The molecule has 0 unspecified atom stereocenters. The zero-order chi connectivity index (χ0) is 20.4. The summed E-state index contributed by atoms with van der Waals surface area (Å²) in [6.45, 7) is 0.398. The number of nitriles is 1. The number of pyridine rings is 1. The van der Waals surface area contributed by atoms with Gasteiger partial charge in [0.25, 0.3) is 10.0 Å². The molecule has 0 atom stereocenters. The van der Waals surface area contributed by atoms with Crippen molar-refractivity contribution in [3.8, 4) is 28.7 Å². The van der Waals surface area contributed by atoms with E-state index in [0.29, 0.717) is 28.3 Å². The van der Waals surface area contributed by atoms with E-state index in [1.54, 1.807) is 42.6 Å².